The van der Waals surface area contributed by atoms with E-state index in [2.05, 4.69) is 10.3 Å². The van der Waals surface area contributed by atoms with Crippen molar-refractivity contribution in [3.8, 4) is 0 Å². The van der Waals surface area contributed by atoms with Crippen molar-refractivity contribution in [2.75, 3.05) is 5.32 Å². The molecule has 0 atom stereocenters. The molecule has 4 nitrogen and oxygen atoms in total. The van der Waals surface area contributed by atoms with Gasteiger partial charge in [0, 0.05) is 18.1 Å². The van der Waals surface area contributed by atoms with Crippen LogP contribution in [0.5, 0.6) is 0 Å². The zero-order valence-electron chi connectivity index (χ0n) is 9.27. The summed E-state index contributed by atoms with van der Waals surface area (Å²) in [6.07, 6.45) is 3.24. The molecule has 1 aromatic carbocycles. The molecule has 0 radical (unpaired) electrons. The first-order chi connectivity index (χ1) is 7.66. The molecule has 0 fully saturated rings. The Labute approximate surface area is 93.9 Å². The number of rotatable bonds is 1. The molecule has 4 heteroatoms. The smallest absolute Gasteiger partial charge is 0.307 e. The summed E-state index contributed by atoms with van der Waals surface area (Å²) in [5, 5.41) is 2.80. The van der Waals surface area contributed by atoms with Gasteiger partial charge in [-0.3, -0.25) is 4.57 Å². The lowest BCUT2D eigenvalue weighted by molar-refractivity contribution is 0.253. The Morgan fingerprint density at radius 2 is 1.94 bits per heavy atom. The van der Waals surface area contributed by atoms with Crippen LogP contribution in [0.3, 0.4) is 0 Å². The predicted octanol–water partition coefficient (Wildman–Crippen LogP) is 2.58. The van der Waals surface area contributed by atoms with Crippen LogP contribution in [0.25, 0.3) is 0 Å². The Morgan fingerprint density at radius 3 is 2.50 bits per heavy atom. The Bertz CT molecular complexity index is 499. The third kappa shape index (κ3) is 2.11. The summed E-state index contributed by atoms with van der Waals surface area (Å²) >= 11 is 0. The van der Waals surface area contributed by atoms with E-state index in [1.165, 1.54) is 4.57 Å². The van der Waals surface area contributed by atoms with E-state index in [-0.39, 0.29) is 6.03 Å². The van der Waals surface area contributed by atoms with E-state index >= 15 is 0 Å². The second-order valence-electron chi connectivity index (χ2n) is 3.64. The number of aromatic nitrogens is 2. The summed E-state index contributed by atoms with van der Waals surface area (Å²) in [5.41, 5.74) is 1.94. The molecule has 1 amide bonds. The van der Waals surface area contributed by atoms with Gasteiger partial charge in [-0.2, -0.15) is 0 Å². The van der Waals surface area contributed by atoms with Crippen LogP contribution in [0, 0.1) is 13.8 Å². The standard InChI is InChI=1S/C12H13N3O/c1-9-3-5-11(6-4-9)14-12(16)15-8-7-13-10(15)2/h3-8H,1-2H3,(H,14,16). The van der Waals surface area contributed by atoms with E-state index in [1.54, 1.807) is 19.3 Å². The fourth-order valence-corrected chi connectivity index (χ4v) is 1.41. The van der Waals surface area contributed by atoms with Crippen molar-refractivity contribution in [2.24, 2.45) is 0 Å². The largest absolute Gasteiger partial charge is 0.331 e. The van der Waals surface area contributed by atoms with Gasteiger partial charge in [0.05, 0.1) is 0 Å². The molecule has 1 heterocycles. The van der Waals surface area contributed by atoms with Crippen LogP contribution in [0.2, 0.25) is 0 Å². The molecule has 0 unspecified atom stereocenters. The van der Waals surface area contributed by atoms with Crippen molar-refractivity contribution in [3.05, 3.63) is 48.0 Å². The monoisotopic (exact) mass is 215 g/mol. The van der Waals surface area contributed by atoms with E-state index in [9.17, 15) is 4.79 Å². The molecule has 16 heavy (non-hydrogen) atoms. The molecule has 1 aromatic heterocycles. The van der Waals surface area contributed by atoms with Crippen molar-refractivity contribution in [2.45, 2.75) is 13.8 Å². The molecule has 0 aliphatic carbocycles. The number of anilines is 1. The highest BCUT2D eigenvalue weighted by molar-refractivity contribution is 5.91. The molecule has 2 rings (SSSR count). The zero-order chi connectivity index (χ0) is 11.5. The first-order valence-electron chi connectivity index (χ1n) is 5.05. The predicted molar refractivity (Wildman–Crippen MR) is 62.6 cm³/mol. The van der Waals surface area contributed by atoms with Crippen LogP contribution >= 0.6 is 0 Å². The van der Waals surface area contributed by atoms with E-state index in [0.717, 1.165) is 11.3 Å². The van der Waals surface area contributed by atoms with Gasteiger partial charge >= 0.3 is 6.03 Å². The van der Waals surface area contributed by atoms with Gasteiger partial charge in [0.1, 0.15) is 5.82 Å². The molecule has 0 aliphatic heterocycles. The average Bonchev–Trinajstić information content (AvgIpc) is 2.68. The summed E-state index contributed by atoms with van der Waals surface area (Å²) in [6.45, 7) is 3.79. The number of carbonyl (C=O) groups excluding carboxylic acids is 1. The zero-order valence-corrected chi connectivity index (χ0v) is 9.27. The van der Waals surface area contributed by atoms with Crippen molar-refractivity contribution >= 4 is 11.7 Å². The highest BCUT2D eigenvalue weighted by Crippen LogP contribution is 2.09. The topological polar surface area (TPSA) is 46.9 Å². The number of nitrogens with one attached hydrogen (secondary N) is 1. The van der Waals surface area contributed by atoms with Gasteiger partial charge in [0.2, 0.25) is 0 Å². The number of hydrogen-bond acceptors (Lipinski definition) is 2. The summed E-state index contributed by atoms with van der Waals surface area (Å²) in [4.78, 5) is 15.8. The van der Waals surface area contributed by atoms with Gasteiger partial charge in [-0.05, 0) is 26.0 Å². The Balaban J connectivity index is 2.14. The number of aryl methyl sites for hydroxylation is 2. The second-order valence-corrected chi connectivity index (χ2v) is 3.64. The number of carbonyl (C=O) groups is 1. The van der Waals surface area contributed by atoms with Crippen LogP contribution in [0.15, 0.2) is 36.7 Å². The molecule has 2 aromatic rings. The highest BCUT2D eigenvalue weighted by atomic mass is 16.2. The van der Waals surface area contributed by atoms with Crippen molar-refractivity contribution in [1.29, 1.82) is 0 Å². The highest BCUT2D eigenvalue weighted by Gasteiger charge is 2.06. The van der Waals surface area contributed by atoms with E-state index in [1.807, 2.05) is 31.2 Å². The van der Waals surface area contributed by atoms with E-state index < -0.39 is 0 Å². The Morgan fingerprint density at radius 1 is 1.25 bits per heavy atom. The third-order valence-corrected chi connectivity index (χ3v) is 2.35. The summed E-state index contributed by atoms with van der Waals surface area (Å²) in [6, 6.07) is 7.46. The SMILES string of the molecule is Cc1ccc(NC(=O)n2ccnc2C)cc1. The van der Waals surface area contributed by atoms with Crippen molar-refractivity contribution in [3.63, 3.8) is 0 Å². The molecular formula is C12H13N3O. The fourth-order valence-electron chi connectivity index (χ4n) is 1.41. The lowest BCUT2D eigenvalue weighted by Gasteiger charge is -2.06. The Kier molecular flexibility index (Phi) is 2.72. The quantitative estimate of drug-likeness (QED) is 0.794. The molecule has 82 valence electrons. The Hall–Kier alpha value is -2.10. The normalized spacial score (nSPS) is 10.1. The van der Waals surface area contributed by atoms with Crippen molar-refractivity contribution < 1.29 is 4.79 Å². The van der Waals surface area contributed by atoms with Gasteiger partial charge in [-0.25, -0.2) is 9.78 Å². The summed E-state index contributed by atoms with van der Waals surface area (Å²) in [5.74, 6) is 0.671. The van der Waals surface area contributed by atoms with Gasteiger partial charge in [0.25, 0.3) is 0 Å². The van der Waals surface area contributed by atoms with Gasteiger partial charge < -0.3 is 5.32 Å². The van der Waals surface area contributed by atoms with Gasteiger partial charge in [-0.15, -0.1) is 0 Å². The second kappa shape index (κ2) is 4.18. The first-order valence-corrected chi connectivity index (χ1v) is 5.05. The third-order valence-electron chi connectivity index (χ3n) is 2.35. The van der Waals surface area contributed by atoms with E-state index in [0.29, 0.717) is 5.82 Å². The maximum absolute atomic E-state index is 11.8. The maximum atomic E-state index is 11.8. The fraction of sp³-hybridized carbons (Fsp3) is 0.167. The number of nitrogens with zero attached hydrogens (tertiary/aromatic N) is 2. The molecule has 0 spiro atoms. The number of amides is 1. The van der Waals surface area contributed by atoms with Crippen LogP contribution in [0.1, 0.15) is 11.4 Å². The number of benzene rings is 1. The molecule has 0 aliphatic rings. The molecule has 0 saturated carbocycles. The summed E-state index contributed by atoms with van der Waals surface area (Å²) in [7, 11) is 0. The number of hydrogen-bond donors (Lipinski definition) is 1. The minimum absolute atomic E-state index is 0.196. The maximum Gasteiger partial charge on any atom is 0.331 e. The summed E-state index contributed by atoms with van der Waals surface area (Å²) < 4.78 is 1.47. The minimum Gasteiger partial charge on any atom is -0.307 e. The van der Waals surface area contributed by atoms with Crippen LogP contribution < -0.4 is 5.32 Å². The lowest BCUT2D eigenvalue weighted by Crippen LogP contribution is -2.19. The van der Waals surface area contributed by atoms with Crippen LogP contribution in [-0.4, -0.2) is 15.6 Å². The van der Waals surface area contributed by atoms with Crippen molar-refractivity contribution in [1.82, 2.24) is 9.55 Å². The molecule has 0 saturated heterocycles. The van der Waals surface area contributed by atoms with Gasteiger partial charge in [0.15, 0.2) is 0 Å². The molecule has 1 N–H and O–H groups in total. The first kappa shape index (κ1) is 10.4. The lowest BCUT2D eigenvalue weighted by atomic mass is 10.2. The average molecular weight is 215 g/mol. The van der Waals surface area contributed by atoms with E-state index in [4.69, 9.17) is 0 Å². The van der Waals surface area contributed by atoms with Crippen LogP contribution in [-0.2, 0) is 0 Å². The minimum atomic E-state index is -0.196. The molecular weight excluding hydrogens is 202 g/mol. The van der Waals surface area contributed by atoms with Crippen LogP contribution in [0.4, 0.5) is 10.5 Å². The number of imidazole rings is 1. The van der Waals surface area contributed by atoms with Gasteiger partial charge in [-0.1, -0.05) is 17.7 Å². The molecule has 0 bridgehead atoms.